The third-order valence-corrected chi connectivity index (χ3v) is 4.63. The quantitative estimate of drug-likeness (QED) is 0.880. The Morgan fingerprint density at radius 1 is 1.21 bits per heavy atom. The van der Waals surface area contributed by atoms with Crippen molar-refractivity contribution in [2.45, 2.75) is 38.5 Å². The molecule has 2 aliphatic rings. The maximum atomic E-state index is 12.1. The van der Waals surface area contributed by atoms with E-state index in [-0.39, 0.29) is 12.7 Å². The van der Waals surface area contributed by atoms with E-state index in [9.17, 15) is 4.79 Å². The van der Waals surface area contributed by atoms with Crippen molar-refractivity contribution < 1.29 is 14.3 Å². The molecule has 1 aliphatic carbocycles. The fourth-order valence-electron chi connectivity index (χ4n) is 3.38. The molecule has 0 spiro atoms. The first-order chi connectivity index (χ1) is 11.8. The molecule has 1 aromatic heterocycles. The minimum Gasteiger partial charge on any atom is -0.454 e. The molecule has 0 unspecified atom stereocenters. The van der Waals surface area contributed by atoms with Gasteiger partial charge in [0.15, 0.2) is 11.5 Å². The number of H-pyrrole nitrogens is 1. The SMILES string of the molecule is O=C(Cc1ccc2c(c1)OCO2)NCCc1n[nH]c2c1CCCC2. The first-order valence-corrected chi connectivity index (χ1v) is 8.50. The molecule has 2 aromatic rings. The summed E-state index contributed by atoms with van der Waals surface area (Å²) in [6, 6.07) is 5.62. The lowest BCUT2D eigenvalue weighted by Gasteiger charge is -2.11. The summed E-state index contributed by atoms with van der Waals surface area (Å²) in [5.41, 5.74) is 4.68. The van der Waals surface area contributed by atoms with Crippen LogP contribution in [0.3, 0.4) is 0 Å². The normalized spacial score (nSPS) is 15.2. The van der Waals surface area contributed by atoms with E-state index in [0.29, 0.717) is 18.7 Å². The zero-order valence-electron chi connectivity index (χ0n) is 13.6. The lowest BCUT2D eigenvalue weighted by Crippen LogP contribution is -2.27. The minimum absolute atomic E-state index is 0.0123. The Hall–Kier alpha value is -2.50. The third-order valence-electron chi connectivity index (χ3n) is 4.63. The first kappa shape index (κ1) is 15.1. The van der Waals surface area contributed by atoms with Crippen LogP contribution in [-0.4, -0.2) is 29.4 Å². The molecule has 1 aromatic carbocycles. The molecular weight excluding hydrogens is 306 g/mol. The van der Waals surface area contributed by atoms with Crippen molar-refractivity contribution in [2.75, 3.05) is 13.3 Å². The predicted octanol–water partition coefficient (Wildman–Crippen LogP) is 1.92. The van der Waals surface area contributed by atoms with E-state index in [0.717, 1.165) is 36.3 Å². The van der Waals surface area contributed by atoms with Gasteiger partial charge in [0.05, 0.1) is 12.1 Å². The van der Waals surface area contributed by atoms with Crippen LogP contribution in [-0.2, 0) is 30.5 Å². The summed E-state index contributed by atoms with van der Waals surface area (Å²) < 4.78 is 10.6. The fourth-order valence-corrected chi connectivity index (χ4v) is 3.38. The molecule has 6 nitrogen and oxygen atoms in total. The highest BCUT2D eigenvalue weighted by atomic mass is 16.7. The van der Waals surface area contributed by atoms with Gasteiger partial charge in [0.2, 0.25) is 12.7 Å². The summed E-state index contributed by atoms with van der Waals surface area (Å²) in [6.45, 7) is 0.861. The molecule has 0 fully saturated rings. The number of aryl methyl sites for hydroxylation is 1. The van der Waals surface area contributed by atoms with Gasteiger partial charge in [0.1, 0.15) is 0 Å². The second-order valence-electron chi connectivity index (χ2n) is 6.30. The molecule has 0 saturated carbocycles. The zero-order chi connectivity index (χ0) is 16.4. The molecule has 1 amide bonds. The predicted molar refractivity (Wildman–Crippen MR) is 88.2 cm³/mol. The Morgan fingerprint density at radius 3 is 3.04 bits per heavy atom. The fraction of sp³-hybridized carbons (Fsp3) is 0.444. The molecule has 24 heavy (non-hydrogen) atoms. The number of nitrogens with one attached hydrogen (secondary N) is 2. The van der Waals surface area contributed by atoms with Crippen LogP contribution < -0.4 is 14.8 Å². The van der Waals surface area contributed by atoms with Gasteiger partial charge in [-0.3, -0.25) is 9.89 Å². The van der Waals surface area contributed by atoms with Gasteiger partial charge in [-0.1, -0.05) is 6.07 Å². The zero-order valence-corrected chi connectivity index (χ0v) is 13.6. The maximum absolute atomic E-state index is 12.1. The average Bonchev–Trinajstić information content (AvgIpc) is 3.21. The second kappa shape index (κ2) is 6.55. The number of hydrogen-bond donors (Lipinski definition) is 2. The van der Waals surface area contributed by atoms with Crippen molar-refractivity contribution in [3.05, 3.63) is 40.7 Å². The van der Waals surface area contributed by atoms with Crippen LogP contribution in [0.4, 0.5) is 0 Å². The highest BCUT2D eigenvalue weighted by Gasteiger charge is 2.17. The molecule has 2 N–H and O–H groups in total. The van der Waals surface area contributed by atoms with Crippen molar-refractivity contribution in [3.8, 4) is 11.5 Å². The van der Waals surface area contributed by atoms with Crippen LogP contribution in [0, 0.1) is 0 Å². The molecule has 4 rings (SSSR count). The van der Waals surface area contributed by atoms with Crippen LogP contribution in [0.2, 0.25) is 0 Å². The van der Waals surface area contributed by atoms with Crippen LogP contribution in [0.5, 0.6) is 11.5 Å². The number of amides is 1. The maximum Gasteiger partial charge on any atom is 0.231 e. The van der Waals surface area contributed by atoms with E-state index in [2.05, 4.69) is 15.5 Å². The molecule has 6 heteroatoms. The molecule has 0 saturated heterocycles. The van der Waals surface area contributed by atoms with E-state index in [1.165, 1.54) is 24.1 Å². The van der Waals surface area contributed by atoms with Gasteiger partial charge in [0, 0.05) is 18.7 Å². The van der Waals surface area contributed by atoms with Crippen LogP contribution in [0.1, 0.15) is 35.4 Å². The number of ether oxygens (including phenoxy) is 2. The number of rotatable bonds is 5. The topological polar surface area (TPSA) is 76.2 Å². The van der Waals surface area contributed by atoms with Gasteiger partial charge in [-0.15, -0.1) is 0 Å². The van der Waals surface area contributed by atoms with Crippen molar-refractivity contribution in [1.29, 1.82) is 0 Å². The number of aromatic amines is 1. The van der Waals surface area contributed by atoms with E-state index < -0.39 is 0 Å². The Morgan fingerprint density at radius 2 is 2.08 bits per heavy atom. The average molecular weight is 327 g/mol. The summed E-state index contributed by atoms with van der Waals surface area (Å²) >= 11 is 0. The molecule has 2 heterocycles. The molecule has 1 aliphatic heterocycles. The summed E-state index contributed by atoms with van der Waals surface area (Å²) in [5, 5.41) is 10.5. The number of carbonyl (C=O) groups is 1. The Labute approximate surface area is 140 Å². The summed E-state index contributed by atoms with van der Waals surface area (Å²) in [4.78, 5) is 12.1. The second-order valence-corrected chi connectivity index (χ2v) is 6.30. The highest BCUT2D eigenvalue weighted by molar-refractivity contribution is 5.78. The lowest BCUT2D eigenvalue weighted by molar-refractivity contribution is -0.120. The van der Waals surface area contributed by atoms with E-state index in [1.54, 1.807) is 0 Å². The Kier molecular flexibility index (Phi) is 4.11. The minimum atomic E-state index is 0.0123. The molecule has 0 bridgehead atoms. The van der Waals surface area contributed by atoms with Crippen molar-refractivity contribution in [2.24, 2.45) is 0 Å². The lowest BCUT2D eigenvalue weighted by atomic mass is 9.95. The smallest absolute Gasteiger partial charge is 0.231 e. The first-order valence-electron chi connectivity index (χ1n) is 8.50. The molecule has 126 valence electrons. The number of carbonyl (C=O) groups excluding carboxylic acids is 1. The largest absolute Gasteiger partial charge is 0.454 e. The van der Waals surface area contributed by atoms with Gasteiger partial charge in [-0.2, -0.15) is 5.10 Å². The summed E-state index contributed by atoms with van der Waals surface area (Å²) in [6.07, 6.45) is 5.79. The molecular formula is C18H21N3O3. The summed E-state index contributed by atoms with van der Waals surface area (Å²) in [7, 11) is 0. The number of benzene rings is 1. The number of aromatic nitrogens is 2. The van der Waals surface area contributed by atoms with E-state index in [4.69, 9.17) is 9.47 Å². The van der Waals surface area contributed by atoms with E-state index in [1.807, 2.05) is 18.2 Å². The van der Waals surface area contributed by atoms with Crippen molar-refractivity contribution >= 4 is 5.91 Å². The summed E-state index contributed by atoms with van der Waals surface area (Å²) in [5.74, 6) is 1.46. The number of hydrogen-bond acceptors (Lipinski definition) is 4. The Balaban J connectivity index is 1.28. The van der Waals surface area contributed by atoms with Crippen molar-refractivity contribution in [1.82, 2.24) is 15.5 Å². The molecule has 0 atom stereocenters. The van der Waals surface area contributed by atoms with Gasteiger partial charge >= 0.3 is 0 Å². The van der Waals surface area contributed by atoms with Gasteiger partial charge < -0.3 is 14.8 Å². The van der Waals surface area contributed by atoms with Crippen molar-refractivity contribution in [3.63, 3.8) is 0 Å². The molecule has 0 radical (unpaired) electrons. The number of fused-ring (bicyclic) bond motifs is 2. The Bertz CT molecular complexity index is 754. The van der Waals surface area contributed by atoms with Crippen LogP contribution in [0.25, 0.3) is 0 Å². The van der Waals surface area contributed by atoms with Gasteiger partial charge in [-0.05, 0) is 48.9 Å². The van der Waals surface area contributed by atoms with E-state index >= 15 is 0 Å². The standard InChI is InChI=1S/C18H21N3O3/c22-18(10-12-5-6-16-17(9-12)24-11-23-16)19-8-7-15-13-3-1-2-4-14(13)20-21-15/h5-6,9H,1-4,7-8,10-11H2,(H,19,22)(H,20,21). The van der Waals surface area contributed by atoms with Gasteiger partial charge in [0.25, 0.3) is 0 Å². The van der Waals surface area contributed by atoms with Crippen LogP contribution in [0.15, 0.2) is 18.2 Å². The third kappa shape index (κ3) is 3.09. The highest BCUT2D eigenvalue weighted by Crippen LogP contribution is 2.32. The number of nitrogens with zero attached hydrogens (tertiary/aromatic N) is 1. The van der Waals surface area contributed by atoms with Gasteiger partial charge in [-0.25, -0.2) is 0 Å². The van der Waals surface area contributed by atoms with Crippen LogP contribution >= 0.6 is 0 Å². The monoisotopic (exact) mass is 327 g/mol.